The van der Waals surface area contributed by atoms with Crippen LogP contribution in [0.3, 0.4) is 0 Å². The lowest BCUT2D eigenvalue weighted by Crippen LogP contribution is -2.57. The van der Waals surface area contributed by atoms with E-state index in [1.807, 2.05) is 0 Å². The van der Waals surface area contributed by atoms with E-state index in [1.165, 1.54) is 6.07 Å². The summed E-state index contributed by atoms with van der Waals surface area (Å²) in [6, 6.07) is 8.16. The van der Waals surface area contributed by atoms with Crippen molar-refractivity contribution >= 4 is 70.7 Å². The monoisotopic (exact) mass is 643 g/mol. The van der Waals surface area contributed by atoms with Gasteiger partial charge >= 0.3 is 0 Å². The SMILES string of the molecule is CC[N+]1(C)CCC[C@H]1C(=O)NC1CCN(c2nc(Nc3ccc(Cl)cc3F)c3cc(OC)c(OC)cc3n2)CC1.Cl.Cl. The molecule has 2 fully saturated rings. The molecule has 2 N–H and O–H groups in total. The number of carbonyl (C=O) groups is 1. The predicted octanol–water partition coefficient (Wildman–Crippen LogP) is 5.74. The Hall–Kier alpha value is -2.79. The summed E-state index contributed by atoms with van der Waals surface area (Å²) >= 11 is 5.96. The van der Waals surface area contributed by atoms with Crippen molar-refractivity contribution in [3.63, 3.8) is 0 Å². The molecular formula is C29H39Cl3FN6O3+. The molecule has 2 atom stereocenters. The Morgan fingerprint density at radius 2 is 1.79 bits per heavy atom. The molecule has 1 amide bonds. The lowest BCUT2D eigenvalue weighted by Gasteiger charge is -2.36. The number of amides is 1. The number of carbonyl (C=O) groups excluding carboxylic acids is 1. The van der Waals surface area contributed by atoms with Crippen LogP contribution < -0.4 is 25.0 Å². The number of aromatic nitrogens is 2. The highest BCUT2D eigenvalue weighted by Gasteiger charge is 2.42. The minimum absolute atomic E-state index is 0. The third-order valence-corrected chi connectivity index (χ3v) is 8.66. The van der Waals surface area contributed by atoms with Gasteiger partial charge < -0.3 is 29.5 Å². The number of hydrogen-bond acceptors (Lipinski definition) is 7. The topological polar surface area (TPSA) is 88.6 Å². The Balaban J connectivity index is 0.00000242. The van der Waals surface area contributed by atoms with Crippen molar-refractivity contribution in [3.8, 4) is 11.5 Å². The Morgan fingerprint density at radius 1 is 1.10 bits per heavy atom. The number of piperidine rings is 1. The first-order valence-corrected chi connectivity index (χ1v) is 14.2. The van der Waals surface area contributed by atoms with E-state index in [0.29, 0.717) is 52.3 Å². The highest BCUT2D eigenvalue weighted by atomic mass is 35.5. The molecule has 0 saturated carbocycles. The standard InChI is InChI=1S/C29H36ClFN6O3.2ClH/c1-5-37(2)14-6-7-24(37)28(38)32-19-10-12-36(13-11-19)29-34-23-17-26(40-4)25(39-3)16-20(23)27(35-29)33-22-9-8-18(30)15-21(22)31;;/h8-9,15-17,19,24H,5-7,10-14H2,1-4H3,(H-,32,33,34,35,38);2*1H/p+1/t24-,37?;;/m0../s1. The minimum atomic E-state index is -0.488. The summed E-state index contributed by atoms with van der Waals surface area (Å²) in [5.41, 5.74) is 0.878. The number of halogens is 4. The van der Waals surface area contributed by atoms with E-state index in [0.717, 1.165) is 43.3 Å². The lowest BCUT2D eigenvalue weighted by molar-refractivity contribution is -0.910. The zero-order valence-electron chi connectivity index (χ0n) is 24.3. The smallest absolute Gasteiger partial charge is 0.278 e. The molecule has 9 nitrogen and oxygen atoms in total. The third kappa shape index (κ3) is 6.88. The van der Waals surface area contributed by atoms with Crippen LogP contribution in [0, 0.1) is 5.82 Å². The minimum Gasteiger partial charge on any atom is -0.493 e. The maximum Gasteiger partial charge on any atom is 0.278 e. The zero-order chi connectivity index (χ0) is 28.4. The van der Waals surface area contributed by atoms with Crippen LogP contribution in [0.25, 0.3) is 10.9 Å². The number of likely N-dealkylation sites (N-methyl/N-ethyl adjacent to an activating group) is 1. The molecular weight excluding hydrogens is 606 g/mol. The number of nitrogens with zero attached hydrogens (tertiary/aromatic N) is 4. The molecule has 2 aliphatic heterocycles. The fourth-order valence-corrected chi connectivity index (χ4v) is 5.98. The van der Waals surface area contributed by atoms with Crippen LogP contribution in [0.15, 0.2) is 30.3 Å². The van der Waals surface area contributed by atoms with Crippen LogP contribution in [0.1, 0.15) is 32.6 Å². The van der Waals surface area contributed by atoms with Gasteiger partial charge in [-0.2, -0.15) is 4.98 Å². The van der Waals surface area contributed by atoms with Gasteiger partial charge in [0, 0.05) is 48.4 Å². The highest BCUT2D eigenvalue weighted by molar-refractivity contribution is 6.30. The third-order valence-electron chi connectivity index (χ3n) is 8.42. The second-order valence-electron chi connectivity index (χ2n) is 10.8. The van der Waals surface area contributed by atoms with E-state index in [9.17, 15) is 9.18 Å². The van der Waals surface area contributed by atoms with Gasteiger partial charge in [0.15, 0.2) is 17.5 Å². The Morgan fingerprint density at radius 3 is 2.43 bits per heavy atom. The molecule has 5 rings (SSSR count). The Labute approximate surface area is 263 Å². The number of benzene rings is 2. The number of nitrogens with one attached hydrogen (secondary N) is 2. The molecule has 2 saturated heterocycles. The van der Waals surface area contributed by atoms with Gasteiger partial charge in [-0.05, 0) is 44.0 Å². The second kappa shape index (κ2) is 14.1. The average Bonchev–Trinajstić information content (AvgIpc) is 3.36. The van der Waals surface area contributed by atoms with Crippen LogP contribution in [-0.4, -0.2) is 79.9 Å². The molecule has 1 aromatic heterocycles. The number of quaternary nitrogens is 1. The van der Waals surface area contributed by atoms with Gasteiger partial charge in [-0.15, -0.1) is 24.8 Å². The van der Waals surface area contributed by atoms with Crippen LogP contribution in [0.4, 0.5) is 21.8 Å². The molecule has 0 spiro atoms. The number of fused-ring (bicyclic) bond motifs is 1. The van der Waals surface area contributed by atoms with Gasteiger partial charge in [0.25, 0.3) is 5.91 Å². The van der Waals surface area contributed by atoms with Gasteiger partial charge in [0.05, 0.1) is 45.6 Å². The maximum absolute atomic E-state index is 14.7. The fourth-order valence-electron chi connectivity index (χ4n) is 5.83. The van der Waals surface area contributed by atoms with Gasteiger partial charge in [0.1, 0.15) is 11.6 Å². The molecule has 42 heavy (non-hydrogen) atoms. The van der Waals surface area contributed by atoms with E-state index in [4.69, 9.17) is 31.0 Å². The molecule has 1 unspecified atom stereocenters. The molecule has 230 valence electrons. The predicted molar refractivity (Wildman–Crippen MR) is 170 cm³/mol. The molecule has 2 aromatic carbocycles. The van der Waals surface area contributed by atoms with Crippen molar-refractivity contribution < 1.29 is 23.1 Å². The molecule has 2 aliphatic rings. The first-order chi connectivity index (χ1) is 19.2. The van der Waals surface area contributed by atoms with Crippen molar-refractivity contribution in [1.82, 2.24) is 15.3 Å². The van der Waals surface area contributed by atoms with Crippen molar-refractivity contribution in [2.75, 3.05) is 57.7 Å². The summed E-state index contributed by atoms with van der Waals surface area (Å²) in [5.74, 6) is 1.69. The van der Waals surface area contributed by atoms with Gasteiger partial charge in [-0.3, -0.25) is 4.79 Å². The lowest BCUT2D eigenvalue weighted by atomic mass is 10.0. The van der Waals surface area contributed by atoms with Crippen molar-refractivity contribution in [1.29, 1.82) is 0 Å². The highest BCUT2D eigenvalue weighted by Crippen LogP contribution is 2.37. The molecule has 0 bridgehead atoms. The maximum atomic E-state index is 14.7. The fraction of sp³-hybridized carbons (Fsp3) is 0.483. The van der Waals surface area contributed by atoms with Crippen molar-refractivity contribution in [3.05, 3.63) is 41.2 Å². The van der Waals surface area contributed by atoms with E-state index in [-0.39, 0.29) is 48.5 Å². The van der Waals surface area contributed by atoms with Crippen LogP contribution in [-0.2, 0) is 4.79 Å². The normalized spacial score (nSPS) is 20.4. The molecule has 0 radical (unpaired) electrons. The van der Waals surface area contributed by atoms with E-state index in [1.54, 1.807) is 38.5 Å². The summed E-state index contributed by atoms with van der Waals surface area (Å²) in [4.78, 5) is 24.9. The van der Waals surface area contributed by atoms with Gasteiger partial charge in [-0.1, -0.05) is 11.6 Å². The zero-order valence-corrected chi connectivity index (χ0v) is 26.7. The quantitative estimate of drug-likeness (QED) is 0.303. The van der Waals surface area contributed by atoms with Gasteiger partial charge in [0.2, 0.25) is 5.95 Å². The molecule has 3 aromatic rings. The Bertz CT molecular complexity index is 1410. The van der Waals surface area contributed by atoms with Crippen molar-refractivity contribution in [2.24, 2.45) is 0 Å². The summed E-state index contributed by atoms with van der Waals surface area (Å²) in [6.07, 6.45) is 3.61. The first kappa shape index (κ1) is 33.7. The number of likely N-dealkylation sites (tertiary alicyclic amines) is 1. The van der Waals surface area contributed by atoms with Crippen molar-refractivity contribution in [2.45, 2.75) is 44.7 Å². The van der Waals surface area contributed by atoms with Crippen LogP contribution >= 0.6 is 36.4 Å². The first-order valence-electron chi connectivity index (χ1n) is 13.8. The summed E-state index contributed by atoms with van der Waals surface area (Å²) < 4.78 is 26.5. The summed E-state index contributed by atoms with van der Waals surface area (Å²) in [6.45, 7) is 5.54. The molecule has 3 heterocycles. The number of hydrogen-bond donors (Lipinski definition) is 2. The molecule has 0 aliphatic carbocycles. The molecule has 13 heteroatoms. The largest absolute Gasteiger partial charge is 0.493 e. The van der Waals surface area contributed by atoms with E-state index < -0.39 is 5.82 Å². The summed E-state index contributed by atoms with van der Waals surface area (Å²) in [7, 11) is 5.31. The average molecular weight is 645 g/mol. The van der Waals surface area contributed by atoms with E-state index in [2.05, 4.69) is 29.5 Å². The number of anilines is 3. The number of rotatable bonds is 8. The second-order valence-corrected chi connectivity index (χ2v) is 11.2. The summed E-state index contributed by atoms with van der Waals surface area (Å²) in [5, 5.41) is 7.41. The number of ether oxygens (including phenoxy) is 2. The van der Waals surface area contributed by atoms with Crippen LogP contribution in [0.2, 0.25) is 5.02 Å². The number of methoxy groups -OCH3 is 2. The Kier molecular flexibility index (Phi) is 11.3. The van der Waals surface area contributed by atoms with Gasteiger partial charge in [-0.25, -0.2) is 9.37 Å². The van der Waals surface area contributed by atoms with E-state index >= 15 is 0 Å². The van der Waals surface area contributed by atoms with Crippen LogP contribution in [0.5, 0.6) is 11.5 Å².